The number of hydrogen-bond donors (Lipinski definition) is 1. The van der Waals surface area contributed by atoms with E-state index in [0.717, 1.165) is 13.1 Å². The molecule has 47 heavy (non-hydrogen) atoms. The predicted molar refractivity (Wildman–Crippen MR) is 175 cm³/mol. The van der Waals surface area contributed by atoms with E-state index in [0.29, 0.717) is 55.4 Å². The van der Waals surface area contributed by atoms with Crippen molar-refractivity contribution in [3.63, 3.8) is 0 Å². The van der Waals surface area contributed by atoms with Gasteiger partial charge in [0.05, 0.1) is 35.6 Å². The zero-order chi connectivity index (χ0) is 33.9. The number of hydrogen-bond acceptors (Lipinski definition) is 10. The highest BCUT2D eigenvalue weighted by Gasteiger charge is 2.30. The van der Waals surface area contributed by atoms with E-state index in [4.69, 9.17) is 9.47 Å². The Morgan fingerprint density at radius 1 is 1.09 bits per heavy atom. The topological polar surface area (TPSA) is 144 Å². The Balaban J connectivity index is 1.40. The van der Waals surface area contributed by atoms with Gasteiger partial charge in [-0.25, -0.2) is 22.3 Å². The molecule has 5 rings (SSSR count). The van der Waals surface area contributed by atoms with Crippen molar-refractivity contribution < 1.29 is 37.0 Å². The van der Waals surface area contributed by atoms with E-state index in [1.165, 1.54) is 6.07 Å². The first-order chi connectivity index (χ1) is 22.3. The number of carbonyl (C=O) groups excluding carboxylic acids is 2. The zero-order valence-electron chi connectivity index (χ0n) is 27.5. The number of aliphatic hydroxyl groups excluding tert-OH is 1. The van der Waals surface area contributed by atoms with E-state index in [1.54, 1.807) is 28.6 Å². The molecule has 1 amide bonds. The summed E-state index contributed by atoms with van der Waals surface area (Å²) in [4.78, 5) is 29.9. The quantitative estimate of drug-likeness (QED) is 0.376. The number of amides is 1. The van der Waals surface area contributed by atoms with Crippen molar-refractivity contribution in [2.75, 3.05) is 44.7 Å². The molecule has 0 bridgehead atoms. The molecule has 2 saturated heterocycles. The number of benzene rings is 1. The molecule has 0 unspecified atom stereocenters. The lowest BCUT2D eigenvalue weighted by Crippen LogP contribution is -2.48. The number of nitrogens with zero attached hydrogens (tertiary/aromatic N) is 5. The van der Waals surface area contributed by atoms with Gasteiger partial charge in [0.2, 0.25) is 0 Å². The molecular formula is C33H46FN5O7S. The average molecular weight is 676 g/mol. The number of ether oxygens (including phenoxy) is 2. The molecule has 2 fully saturated rings. The SMILES string of the molecule is C/C(=C\c1cc(F)c2nnn(C3CCS(=O)(=O)CC3)c2c1)[C@H]1OC(=O)C[C@H](O)CC[C@H](C)[C@@H](OC(=O)N2CCN(C)CC2)/C=C\[C@@H]1C. The number of halogens is 1. The van der Waals surface area contributed by atoms with Gasteiger partial charge in [-0.1, -0.05) is 31.2 Å². The Labute approximate surface area is 275 Å². The largest absolute Gasteiger partial charge is 0.457 e. The van der Waals surface area contributed by atoms with Crippen molar-refractivity contribution in [1.82, 2.24) is 24.8 Å². The van der Waals surface area contributed by atoms with Gasteiger partial charge in [-0.15, -0.1) is 5.10 Å². The Bertz CT molecular complexity index is 1600. The molecule has 3 aliphatic rings. The third kappa shape index (κ3) is 8.76. The molecule has 1 N–H and O–H groups in total. The number of piperazine rings is 1. The van der Waals surface area contributed by atoms with Crippen LogP contribution in [-0.4, -0.2) is 113 Å². The Morgan fingerprint density at radius 3 is 2.49 bits per heavy atom. The van der Waals surface area contributed by atoms with E-state index in [2.05, 4.69) is 15.2 Å². The Kier molecular flexibility index (Phi) is 11.0. The summed E-state index contributed by atoms with van der Waals surface area (Å²) in [5.74, 6) is -1.48. The van der Waals surface area contributed by atoms with Crippen LogP contribution in [0.15, 0.2) is 29.9 Å². The van der Waals surface area contributed by atoms with E-state index < -0.39 is 39.9 Å². The fourth-order valence-electron chi connectivity index (χ4n) is 6.47. The van der Waals surface area contributed by atoms with Crippen LogP contribution in [0.1, 0.15) is 64.5 Å². The monoisotopic (exact) mass is 675 g/mol. The van der Waals surface area contributed by atoms with Crippen molar-refractivity contribution in [2.45, 2.75) is 77.2 Å². The van der Waals surface area contributed by atoms with Crippen LogP contribution < -0.4 is 0 Å². The van der Waals surface area contributed by atoms with Gasteiger partial charge < -0.3 is 24.4 Å². The van der Waals surface area contributed by atoms with Crippen molar-refractivity contribution in [1.29, 1.82) is 0 Å². The van der Waals surface area contributed by atoms with Gasteiger partial charge in [0.15, 0.2) is 5.82 Å². The predicted octanol–water partition coefficient (Wildman–Crippen LogP) is 3.76. The van der Waals surface area contributed by atoms with E-state index >= 15 is 4.39 Å². The van der Waals surface area contributed by atoms with Crippen LogP contribution in [0.3, 0.4) is 0 Å². The van der Waals surface area contributed by atoms with Gasteiger partial charge in [0.25, 0.3) is 0 Å². The summed E-state index contributed by atoms with van der Waals surface area (Å²) < 4.78 is 52.7. The maximum atomic E-state index is 15.3. The fourth-order valence-corrected chi connectivity index (χ4v) is 7.94. The average Bonchev–Trinajstić information content (AvgIpc) is 3.44. The number of likely N-dealkylation sites (N-methyl/N-ethyl adjacent to an activating group) is 1. The molecule has 1 aromatic carbocycles. The first-order valence-electron chi connectivity index (χ1n) is 16.4. The standard InChI is InChI=1S/C33H46FN5O7S/c1-21-5-7-26(40)20-30(41)46-32(22(2)6-8-29(21)45-33(42)38-13-11-37(4)12-14-38)23(3)17-24-18-27(34)31-28(19-24)39(36-35-31)25-9-15-47(43,44)16-10-25/h6,8,17-19,21-22,25-26,29,32,40H,5,7,9-16,20H2,1-4H3/b8-6-,23-17+/t21-,22-,26+,29-,32-/m0/s1. The lowest BCUT2D eigenvalue weighted by atomic mass is 9.91. The van der Waals surface area contributed by atoms with Crippen LogP contribution in [0, 0.1) is 17.7 Å². The van der Waals surface area contributed by atoms with Gasteiger partial charge in [0.1, 0.15) is 27.6 Å². The number of esters is 1. The molecule has 0 saturated carbocycles. The third-order valence-corrected chi connectivity index (χ3v) is 11.2. The number of rotatable bonds is 4. The van der Waals surface area contributed by atoms with Crippen molar-refractivity contribution in [2.24, 2.45) is 11.8 Å². The summed E-state index contributed by atoms with van der Waals surface area (Å²) in [6, 6.07) is 2.88. The number of sulfone groups is 1. The third-order valence-electron chi connectivity index (χ3n) is 9.52. The van der Waals surface area contributed by atoms with Crippen LogP contribution in [0.5, 0.6) is 0 Å². The van der Waals surface area contributed by atoms with Crippen LogP contribution in [0.25, 0.3) is 17.1 Å². The Morgan fingerprint density at radius 2 is 1.79 bits per heavy atom. The van der Waals surface area contributed by atoms with Crippen molar-refractivity contribution in [3.8, 4) is 0 Å². The number of aliphatic hydroxyl groups is 1. The zero-order valence-corrected chi connectivity index (χ0v) is 28.4. The highest BCUT2D eigenvalue weighted by molar-refractivity contribution is 7.91. The summed E-state index contributed by atoms with van der Waals surface area (Å²) in [5.41, 5.74) is 1.70. The molecular weight excluding hydrogens is 629 g/mol. The smallest absolute Gasteiger partial charge is 0.410 e. The second kappa shape index (κ2) is 14.8. The molecule has 258 valence electrons. The van der Waals surface area contributed by atoms with Crippen LogP contribution in [0.4, 0.5) is 9.18 Å². The maximum absolute atomic E-state index is 15.3. The normalized spacial score (nSPS) is 29.5. The highest BCUT2D eigenvalue weighted by Crippen LogP contribution is 2.30. The minimum atomic E-state index is -3.09. The second-order valence-corrected chi connectivity index (χ2v) is 15.7. The van der Waals surface area contributed by atoms with Gasteiger partial charge in [-0.05, 0) is 74.9 Å². The number of carbonyl (C=O) groups is 2. The molecule has 5 atom stereocenters. The highest BCUT2D eigenvalue weighted by atomic mass is 32.2. The molecule has 1 aromatic heterocycles. The number of cyclic esters (lactones) is 1. The molecule has 12 nitrogen and oxygen atoms in total. The van der Waals surface area contributed by atoms with Gasteiger partial charge in [-0.2, -0.15) is 0 Å². The van der Waals surface area contributed by atoms with Crippen LogP contribution in [0.2, 0.25) is 0 Å². The summed E-state index contributed by atoms with van der Waals surface area (Å²) in [5, 5.41) is 18.8. The molecule has 3 aliphatic heterocycles. The van der Waals surface area contributed by atoms with E-state index in [-0.39, 0.29) is 47.4 Å². The molecule has 2 aromatic rings. The summed E-state index contributed by atoms with van der Waals surface area (Å²) in [7, 11) is -1.07. The summed E-state index contributed by atoms with van der Waals surface area (Å²) >= 11 is 0. The second-order valence-electron chi connectivity index (χ2n) is 13.4. The van der Waals surface area contributed by atoms with Crippen LogP contribution in [-0.2, 0) is 24.1 Å². The maximum Gasteiger partial charge on any atom is 0.410 e. The lowest BCUT2D eigenvalue weighted by molar-refractivity contribution is -0.151. The van der Waals surface area contributed by atoms with Crippen LogP contribution >= 0.6 is 0 Å². The minimum absolute atomic E-state index is 0.0437. The molecule has 4 heterocycles. The molecule has 0 radical (unpaired) electrons. The number of fused-ring (bicyclic) bond motifs is 1. The molecule has 0 aliphatic carbocycles. The summed E-state index contributed by atoms with van der Waals surface area (Å²) in [6.45, 7) is 8.36. The first kappa shape index (κ1) is 35.0. The first-order valence-corrected chi connectivity index (χ1v) is 18.2. The minimum Gasteiger partial charge on any atom is -0.457 e. The Hall–Kier alpha value is -3.36. The molecule has 0 spiro atoms. The van der Waals surface area contributed by atoms with Crippen molar-refractivity contribution in [3.05, 3.63) is 41.2 Å². The van der Waals surface area contributed by atoms with Gasteiger partial charge >= 0.3 is 12.1 Å². The fraction of sp³-hybridized carbons (Fsp3) is 0.636. The van der Waals surface area contributed by atoms with Crippen molar-refractivity contribution >= 4 is 39.0 Å². The van der Waals surface area contributed by atoms with E-state index in [1.807, 2.05) is 33.0 Å². The lowest BCUT2D eigenvalue weighted by Gasteiger charge is -2.33. The van der Waals surface area contributed by atoms with E-state index in [9.17, 15) is 23.1 Å². The number of aromatic nitrogens is 3. The molecule has 14 heteroatoms. The summed E-state index contributed by atoms with van der Waals surface area (Å²) in [6.07, 6.45) is 4.33. The van der Waals surface area contributed by atoms with Gasteiger partial charge in [-0.3, -0.25) is 4.79 Å². The van der Waals surface area contributed by atoms with Gasteiger partial charge in [0, 0.05) is 32.1 Å².